The Bertz CT molecular complexity index is 353. The first kappa shape index (κ1) is 14.0. The lowest BCUT2D eigenvalue weighted by molar-refractivity contribution is 0.0929. The van der Waals surface area contributed by atoms with E-state index in [1.165, 1.54) is 0 Å². The number of nitrogens with zero attached hydrogens (tertiary/aromatic N) is 2. The van der Waals surface area contributed by atoms with Crippen molar-refractivity contribution in [1.82, 2.24) is 20.5 Å². The number of nitrogens with one attached hydrogen (secondary N) is 2. The molecule has 1 aromatic heterocycles. The SMILES string of the molecule is CCCc1nc(C(=O)NC(C)CCSC)n[nH]1. The Morgan fingerprint density at radius 2 is 2.35 bits per heavy atom. The number of aryl methyl sites for hydroxylation is 1. The number of carbonyl (C=O) groups excluding carboxylic acids is 1. The maximum atomic E-state index is 11.8. The van der Waals surface area contributed by atoms with Crippen LogP contribution in [-0.4, -0.2) is 39.1 Å². The van der Waals surface area contributed by atoms with Gasteiger partial charge in [-0.15, -0.1) is 5.10 Å². The van der Waals surface area contributed by atoms with Crippen molar-refractivity contribution in [1.29, 1.82) is 0 Å². The second-order valence-electron chi connectivity index (χ2n) is 4.01. The van der Waals surface area contributed by atoms with Gasteiger partial charge in [-0.1, -0.05) is 6.92 Å². The number of thioether (sulfide) groups is 1. The molecule has 0 aliphatic heterocycles. The molecule has 0 spiro atoms. The largest absolute Gasteiger partial charge is 0.347 e. The number of rotatable bonds is 7. The van der Waals surface area contributed by atoms with Crippen LogP contribution in [0.5, 0.6) is 0 Å². The zero-order chi connectivity index (χ0) is 12.7. The highest BCUT2D eigenvalue weighted by molar-refractivity contribution is 7.98. The number of H-pyrrole nitrogens is 1. The third kappa shape index (κ3) is 4.77. The molecule has 0 fully saturated rings. The monoisotopic (exact) mass is 256 g/mol. The van der Waals surface area contributed by atoms with E-state index in [2.05, 4.69) is 33.7 Å². The van der Waals surface area contributed by atoms with E-state index in [9.17, 15) is 4.79 Å². The number of hydrogen-bond acceptors (Lipinski definition) is 4. The van der Waals surface area contributed by atoms with Gasteiger partial charge in [0.2, 0.25) is 5.82 Å². The molecule has 0 radical (unpaired) electrons. The first-order chi connectivity index (χ1) is 8.17. The first-order valence-electron chi connectivity index (χ1n) is 5.88. The molecule has 0 bridgehead atoms. The normalized spacial score (nSPS) is 12.4. The average Bonchev–Trinajstić information content (AvgIpc) is 2.75. The number of amides is 1. The van der Waals surface area contributed by atoms with Gasteiger partial charge in [-0.3, -0.25) is 9.89 Å². The molecule has 1 atom stereocenters. The van der Waals surface area contributed by atoms with Gasteiger partial charge in [-0.05, 0) is 31.8 Å². The molecule has 17 heavy (non-hydrogen) atoms. The summed E-state index contributed by atoms with van der Waals surface area (Å²) in [5.41, 5.74) is 0. The van der Waals surface area contributed by atoms with Gasteiger partial charge in [-0.2, -0.15) is 11.8 Å². The van der Waals surface area contributed by atoms with Crippen molar-refractivity contribution in [2.24, 2.45) is 0 Å². The van der Waals surface area contributed by atoms with Crippen molar-refractivity contribution in [2.75, 3.05) is 12.0 Å². The zero-order valence-corrected chi connectivity index (χ0v) is 11.4. The summed E-state index contributed by atoms with van der Waals surface area (Å²) in [6.07, 6.45) is 4.82. The van der Waals surface area contributed by atoms with Crippen LogP contribution in [0.25, 0.3) is 0 Å². The second kappa shape index (κ2) is 7.32. The van der Waals surface area contributed by atoms with E-state index in [4.69, 9.17) is 0 Å². The van der Waals surface area contributed by atoms with E-state index in [0.29, 0.717) is 0 Å². The van der Waals surface area contributed by atoms with Crippen LogP contribution in [0.15, 0.2) is 0 Å². The summed E-state index contributed by atoms with van der Waals surface area (Å²) in [5.74, 6) is 1.85. The Hall–Kier alpha value is -1.04. The molecular formula is C11H20N4OS. The number of carbonyl (C=O) groups is 1. The molecule has 1 heterocycles. The standard InChI is InChI=1S/C11H20N4OS/c1-4-5-9-13-10(15-14-9)11(16)12-8(2)6-7-17-3/h8H,4-7H2,1-3H3,(H,12,16)(H,13,14,15). The van der Waals surface area contributed by atoms with E-state index in [1.54, 1.807) is 11.8 Å². The summed E-state index contributed by atoms with van der Waals surface area (Å²) in [6.45, 7) is 4.06. The van der Waals surface area contributed by atoms with Crippen molar-refractivity contribution < 1.29 is 4.79 Å². The van der Waals surface area contributed by atoms with Gasteiger partial charge in [-0.25, -0.2) is 4.98 Å². The molecule has 2 N–H and O–H groups in total. The highest BCUT2D eigenvalue weighted by Gasteiger charge is 2.14. The Morgan fingerprint density at radius 3 is 3.00 bits per heavy atom. The lowest BCUT2D eigenvalue weighted by Crippen LogP contribution is -2.33. The molecule has 0 saturated heterocycles. The number of aromatic amines is 1. The second-order valence-corrected chi connectivity index (χ2v) is 5.00. The minimum absolute atomic E-state index is 0.156. The van der Waals surface area contributed by atoms with E-state index in [-0.39, 0.29) is 17.8 Å². The molecule has 1 unspecified atom stereocenters. The maximum absolute atomic E-state index is 11.8. The number of hydrogen-bond donors (Lipinski definition) is 2. The Balaban J connectivity index is 2.45. The van der Waals surface area contributed by atoms with Crippen molar-refractivity contribution >= 4 is 17.7 Å². The van der Waals surface area contributed by atoms with Gasteiger partial charge in [0.05, 0.1) is 0 Å². The van der Waals surface area contributed by atoms with Gasteiger partial charge < -0.3 is 5.32 Å². The number of aromatic nitrogens is 3. The minimum atomic E-state index is -0.197. The predicted molar refractivity (Wildman–Crippen MR) is 70.3 cm³/mol. The van der Waals surface area contributed by atoms with E-state index >= 15 is 0 Å². The molecule has 0 aliphatic rings. The first-order valence-corrected chi connectivity index (χ1v) is 7.27. The van der Waals surface area contributed by atoms with Crippen LogP contribution in [0.3, 0.4) is 0 Å². The van der Waals surface area contributed by atoms with Gasteiger partial charge in [0, 0.05) is 12.5 Å². The fraction of sp³-hybridized carbons (Fsp3) is 0.727. The van der Waals surface area contributed by atoms with Gasteiger partial charge >= 0.3 is 0 Å². The molecule has 0 saturated carbocycles. The fourth-order valence-corrected chi connectivity index (χ4v) is 1.99. The van der Waals surface area contributed by atoms with Crippen molar-refractivity contribution in [3.63, 3.8) is 0 Å². The lowest BCUT2D eigenvalue weighted by Gasteiger charge is -2.11. The molecule has 1 amide bonds. The van der Waals surface area contributed by atoms with Crippen LogP contribution >= 0.6 is 11.8 Å². The summed E-state index contributed by atoms with van der Waals surface area (Å²) in [7, 11) is 0. The lowest BCUT2D eigenvalue weighted by atomic mass is 10.2. The molecular weight excluding hydrogens is 236 g/mol. The molecule has 0 aromatic carbocycles. The van der Waals surface area contributed by atoms with Crippen LogP contribution in [0.1, 0.15) is 43.1 Å². The Morgan fingerprint density at radius 1 is 1.59 bits per heavy atom. The van der Waals surface area contributed by atoms with E-state index < -0.39 is 0 Å². The molecule has 0 aliphatic carbocycles. The summed E-state index contributed by atoms with van der Waals surface area (Å²) >= 11 is 1.77. The Labute approximate surface area is 106 Å². The molecule has 6 heteroatoms. The summed E-state index contributed by atoms with van der Waals surface area (Å²) < 4.78 is 0. The van der Waals surface area contributed by atoms with Crippen LogP contribution in [0.4, 0.5) is 0 Å². The molecule has 96 valence electrons. The van der Waals surface area contributed by atoms with E-state index in [1.807, 2.05) is 6.92 Å². The smallest absolute Gasteiger partial charge is 0.291 e. The summed E-state index contributed by atoms with van der Waals surface area (Å²) in [6, 6.07) is 0.156. The fourth-order valence-electron chi connectivity index (χ4n) is 1.40. The zero-order valence-electron chi connectivity index (χ0n) is 10.6. The molecule has 1 rings (SSSR count). The minimum Gasteiger partial charge on any atom is -0.347 e. The third-order valence-electron chi connectivity index (χ3n) is 2.35. The van der Waals surface area contributed by atoms with Crippen LogP contribution < -0.4 is 5.32 Å². The summed E-state index contributed by atoms with van der Waals surface area (Å²) in [5, 5.41) is 9.58. The van der Waals surface area contributed by atoms with Crippen LogP contribution in [-0.2, 0) is 6.42 Å². The van der Waals surface area contributed by atoms with Crippen LogP contribution in [0, 0.1) is 0 Å². The predicted octanol–water partition coefficient (Wildman–Crippen LogP) is 1.63. The average molecular weight is 256 g/mol. The van der Waals surface area contributed by atoms with Crippen molar-refractivity contribution in [2.45, 2.75) is 39.2 Å². The molecule has 5 nitrogen and oxygen atoms in total. The highest BCUT2D eigenvalue weighted by atomic mass is 32.2. The quantitative estimate of drug-likeness (QED) is 0.778. The molecule has 1 aromatic rings. The summed E-state index contributed by atoms with van der Waals surface area (Å²) in [4.78, 5) is 15.9. The van der Waals surface area contributed by atoms with E-state index in [0.717, 1.165) is 30.8 Å². The third-order valence-corrected chi connectivity index (χ3v) is 3.00. The van der Waals surface area contributed by atoms with Crippen LogP contribution in [0.2, 0.25) is 0 Å². The van der Waals surface area contributed by atoms with Gasteiger partial charge in [0.25, 0.3) is 5.91 Å². The van der Waals surface area contributed by atoms with Gasteiger partial charge in [0.1, 0.15) is 5.82 Å². The van der Waals surface area contributed by atoms with Crippen molar-refractivity contribution in [3.05, 3.63) is 11.6 Å². The highest BCUT2D eigenvalue weighted by Crippen LogP contribution is 2.01. The Kier molecular flexibility index (Phi) is 6.04. The maximum Gasteiger partial charge on any atom is 0.291 e. The topological polar surface area (TPSA) is 70.7 Å². The van der Waals surface area contributed by atoms with Gasteiger partial charge in [0.15, 0.2) is 0 Å². The van der Waals surface area contributed by atoms with Crippen molar-refractivity contribution in [3.8, 4) is 0 Å².